The maximum absolute atomic E-state index is 11.9. The zero-order valence-electron chi connectivity index (χ0n) is 12.5. The van der Waals surface area contributed by atoms with Crippen molar-refractivity contribution in [3.05, 3.63) is 0 Å². The highest BCUT2D eigenvalue weighted by molar-refractivity contribution is 8.00. The van der Waals surface area contributed by atoms with Crippen molar-refractivity contribution in [1.29, 1.82) is 0 Å². The van der Waals surface area contributed by atoms with Gasteiger partial charge in [-0.2, -0.15) is 11.8 Å². The first kappa shape index (κ1) is 16.8. The van der Waals surface area contributed by atoms with E-state index in [9.17, 15) is 4.21 Å². The molecule has 1 fully saturated rings. The molecule has 112 valence electrons. The van der Waals surface area contributed by atoms with Crippen LogP contribution in [0.2, 0.25) is 0 Å². The van der Waals surface area contributed by atoms with Crippen LogP contribution in [0, 0.1) is 0 Å². The van der Waals surface area contributed by atoms with Crippen LogP contribution in [0.25, 0.3) is 0 Å². The highest BCUT2D eigenvalue weighted by Crippen LogP contribution is 2.25. The Bertz CT molecular complexity index is 320. The number of guanidine groups is 1. The third-order valence-electron chi connectivity index (χ3n) is 3.01. The average molecular weight is 306 g/mol. The van der Waals surface area contributed by atoms with E-state index in [2.05, 4.69) is 15.6 Å². The number of aliphatic imine (C=N–C) groups is 1. The molecule has 1 heterocycles. The molecule has 2 N–H and O–H groups in total. The molecule has 1 rings (SSSR count). The lowest BCUT2D eigenvalue weighted by Gasteiger charge is -2.19. The van der Waals surface area contributed by atoms with E-state index in [0.717, 1.165) is 12.5 Å². The molecule has 0 aromatic rings. The molecule has 2 atom stereocenters. The van der Waals surface area contributed by atoms with Crippen molar-refractivity contribution in [3.63, 3.8) is 0 Å². The summed E-state index contributed by atoms with van der Waals surface area (Å²) in [6.07, 6.45) is 2.62. The van der Waals surface area contributed by atoms with Gasteiger partial charge >= 0.3 is 0 Å². The van der Waals surface area contributed by atoms with Gasteiger partial charge in [-0.05, 0) is 39.4 Å². The summed E-state index contributed by atoms with van der Waals surface area (Å²) in [4.78, 5) is 4.19. The Labute approximate surface area is 124 Å². The van der Waals surface area contributed by atoms with Crippen LogP contribution in [0.1, 0.15) is 33.6 Å². The normalized spacial score (nSPS) is 22.3. The van der Waals surface area contributed by atoms with Crippen molar-refractivity contribution < 1.29 is 4.21 Å². The van der Waals surface area contributed by atoms with Crippen LogP contribution in [0.3, 0.4) is 0 Å². The van der Waals surface area contributed by atoms with Crippen LogP contribution >= 0.6 is 11.8 Å². The summed E-state index contributed by atoms with van der Waals surface area (Å²) in [5.74, 6) is 2.75. The summed E-state index contributed by atoms with van der Waals surface area (Å²) >= 11 is 2.03. The maximum Gasteiger partial charge on any atom is 0.191 e. The van der Waals surface area contributed by atoms with Gasteiger partial charge in [0.2, 0.25) is 0 Å². The summed E-state index contributed by atoms with van der Waals surface area (Å²) in [6.45, 7) is 7.68. The minimum absolute atomic E-state index is 0.140. The quantitative estimate of drug-likeness (QED) is 0.598. The van der Waals surface area contributed by atoms with Crippen LogP contribution in [0.4, 0.5) is 0 Å². The molecule has 1 aliphatic rings. The van der Waals surface area contributed by atoms with Gasteiger partial charge in [0.15, 0.2) is 5.96 Å². The van der Waals surface area contributed by atoms with Gasteiger partial charge < -0.3 is 10.6 Å². The largest absolute Gasteiger partial charge is 0.355 e. The zero-order chi connectivity index (χ0) is 14.3. The number of nitrogens with one attached hydrogen (secondary N) is 2. The standard InChI is InChI=1S/C13H27N3OS2/c1-13(2,3)19(17)9-7-15-12(14-4)16-10-11-6-5-8-18-11/h11H,5-10H2,1-4H3,(H2,14,15,16). The minimum atomic E-state index is -0.811. The lowest BCUT2D eigenvalue weighted by molar-refractivity contribution is 0.646. The number of thioether (sulfide) groups is 1. The fourth-order valence-corrected chi connectivity index (χ4v) is 3.91. The van der Waals surface area contributed by atoms with E-state index in [0.29, 0.717) is 17.5 Å². The van der Waals surface area contributed by atoms with Gasteiger partial charge in [0, 0.05) is 46.7 Å². The van der Waals surface area contributed by atoms with Crippen molar-refractivity contribution in [2.45, 2.75) is 43.6 Å². The fourth-order valence-electron chi connectivity index (χ4n) is 1.80. The SMILES string of the molecule is CN=C(NCCS(=O)C(C)(C)C)NCC1CCCS1. The van der Waals surface area contributed by atoms with Gasteiger partial charge in [-0.15, -0.1) is 0 Å². The molecule has 1 aliphatic heterocycles. The van der Waals surface area contributed by atoms with Gasteiger partial charge in [0.1, 0.15) is 0 Å². The second kappa shape index (κ2) is 8.15. The Morgan fingerprint density at radius 3 is 2.68 bits per heavy atom. The van der Waals surface area contributed by atoms with E-state index >= 15 is 0 Å². The van der Waals surface area contributed by atoms with E-state index in [4.69, 9.17) is 0 Å². The second-order valence-corrected chi connectivity index (χ2v) is 9.41. The number of hydrogen-bond donors (Lipinski definition) is 2. The van der Waals surface area contributed by atoms with E-state index in [1.165, 1.54) is 18.6 Å². The molecule has 0 aliphatic carbocycles. The molecule has 0 saturated carbocycles. The summed E-state index contributed by atoms with van der Waals surface area (Å²) in [5, 5.41) is 7.29. The summed E-state index contributed by atoms with van der Waals surface area (Å²) < 4.78 is 11.8. The summed E-state index contributed by atoms with van der Waals surface area (Å²) in [5.41, 5.74) is 0. The topological polar surface area (TPSA) is 53.5 Å². The number of rotatable bonds is 5. The van der Waals surface area contributed by atoms with Crippen molar-refractivity contribution in [3.8, 4) is 0 Å². The monoisotopic (exact) mass is 305 g/mol. The van der Waals surface area contributed by atoms with Crippen LogP contribution < -0.4 is 10.6 Å². The molecule has 0 aromatic heterocycles. The Kier molecular flexibility index (Phi) is 7.21. The van der Waals surface area contributed by atoms with E-state index in [-0.39, 0.29) is 4.75 Å². The molecule has 0 radical (unpaired) electrons. The Morgan fingerprint density at radius 2 is 2.16 bits per heavy atom. The first-order chi connectivity index (χ1) is 8.93. The van der Waals surface area contributed by atoms with Gasteiger partial charge in [0.05, 0.1) is 0 Å². The number of nitrogens with zero attached hydrogens (tertiary/aromatic N) is 1. The first-order valence-electron chi connectivity index (χ1n) is 6.88. The van der Waals surface area contributed by atoms with E-state index in [1.54, 1.807) is 7.05 Å². The first-order valence-corrected chi connectivity index (χ1v) is 9.25. The lowest BCUT2D eigenvalue weighted by Crippen LogP contribution is -2.42. The van der Waals surface area contributed by atoms with Gasteiger partial charge in [-0.3, -0.25) is 9.20 Å². The molecular formula is C13H27N3OS2. The average Bonchev–Trinajstić information content (AvgIpc) is 2.85. The predicted molar refractivity (Wildman–Crippen MR) is 87.6 cm³/mol. The molecule has 6 heteroatoms. The van der Waals surface area contributed by atoms with Crippen LogP contribution in [0.5, 0.6) is 0 Å². The highest BCUT2D eigenvalue weighted by atomic mass is 32.2. The predicted octanol–water partition coefficient (Wildman–Crippen LogP) is 1.59. The van der Waals surface area contributed by atoms with Crippen LogP contribution in [0.15, 0.2) is 4.99 Å². The van der Waals surface area contributed by atoms with Crippen molar-refractivity contribution in [2.75, 3.05) is 31.6 Å². The van der Waals surface area contributed by atoms with E-state index < -0.39 is 10.8 Å². The Morgan fingerprint density at radius 1 is 1.42 bits per heavy atom. The van der Waals surface area contributed by atoms with Crippen LogP contribution in [-0.4, -0.2) is 51.8 Å². The van der Waals surface area contributed by atoms with Gasteiger partial charge in [-0.1, -0.05) is 0 Å². The van der Waals surface area contributed by atoms with E-state index in [1.807, 2.05) is 32.5 Å². The Hall–Kier alpha value is -0.230. The van der Waals surface area contributed by atoms with Gasteiger partial charge in [-0.25, -0.2) is 0 Å². The maximum atomic E-state index is 11.9. The molecule has 2 unspecified atom stereocenters. The molecule has 19 heavy (non-hydrogen) atoms. The molecule has 0 amide bonds. The third kappa shape index (κ3) is 6.65. The molecule has 0 spiro atoms. The number of hydrogen-bond acceptors (Lipinski definition) is 3. The molecular weight excluding hydrogens is 278 g/mol. The van der Waals surface area contributed by atoms with Crippen LogP contribution in [-0.2, 0) is 10.8 Å². The molecule has 4 nitrogen and oxygen atoms in total. The van der Waals surface area contributed by atoms with Gasteiger partial charge in [0.25, 0.3) is 0 Å². The Balaban J connectivity index is 2.20. The second-order valence-electron chi connectivity index (χ2n) is 5.68. The molecule has 1 saturated heterocycles. The highest BCUT2D eigenvalue weighted by Gasteiger charge is 2.19. The third-order valence-corrected chi connectivity index (χ3v) is 6.35. The minimum Gasteiger partial charge on any atom is -0.355 e. The summed E-state index contributed by atoms with van der Waals surface area (Å²) in [7, 11) is 0.965. The summed E-state index contributed by atoms with van der Waals surface area (Å²) in [6, 6.07) is 0. The smallest absolute Gasteiger partial charge is 0.191 e. The molecule has 0 bridgehead atoms. The fraction of sp³-hybridized carbons (Fsp3) is 0.923. The van der Waals surface area contributed by atoms with Crippen molar-refractivity contribution >= 4 is 28.5 Å². The lowest BCUT2D eigenvalue weighted by atomic mass is 10.2. The zero-order valence-corrected chi connectivity index (χ0v) is 14.1. The van der Waals surface area contributed by atoms with Crippen molar-refractivity contribution in [1.82, 2.24) is 10.6 Å². The molecule has 0 aromatic carbocycles. The van der Waals surface area contributed by atoms with Crippen molar-refractivity contribution in [2.24, 2.45) is 4.99 Å².